The fourth-order valence-electron chi connectivity index (χ4n) is 2.27. The second kappa shape index (κ2) is 6.55. The molecule has 1 atom stereocenters. The Morgan fingerprint density at radius 1 is 1.10 bits per heavy atom. The Bertz CT molecular complexity index is 667. The van der Waals surface area contributed by atoms with Crippen LogP contribution in [0.5, 0.6) is 0 Å². The number of aliphatic hydroxyl groups excluding tert-OH is 1. The van der Waals surface area contributed by atoms with E-state index in [2.05, 4.69) is 29.2 Å². The molecule has 0 amide bonds. The predicted molar refractivity (Wildman–Crippen MR) is 83.0 cm³/mol. The summed E-state index contributed by atoms with van der Waals surface area (Å²) in [4.78, 5) is 4.00. The Balaban J connectivity index is 0.00000147. The molecule has 0 bridgehead atoms. The number of hydrogen-bond donors (Lipinski definition) is 1. The van der Waals surface area contributed by atoms with Gasteiger partial charge in [-0.05, 0) is 28.8 Å². The van der Waals surface area contributed by atoms with Crippen LogP contribution in [0.1, 0.15) is 18.1 Å². The molecule has 0 radical (unpaired) electrons. The maximum absolute atomic E-state index is 10.2. The summed E-state index contributed by atoms with van der Waals surface area (Å²) in [6, 6.07) is 14.3. The fourth-order valence-corrected chi connectivity index (χ4v) is 2.27. The van der Waals surface area contributed by atoms with E-state index in [0.29, 0.717) is 6.42 Å². The molecule has 2 aromatic carbocycles. The van der Waals surface area contributed by atoms with Gasteiger partial charge >= 0.3 is 0 Å². The van der Waals surface area contributed by atoms with Crippen molar-refractivity contribution in [1.29, 1.82) is 0 Å². The maximum Gasteiger partial charge on any atom is 0.0945 e. The average molecular weight is 289 g/mol. The molecule has 0 saturated heterocycles. The van der Waals surface area contributed by atoms with Crippen molar-refractivity contribution < 1.29 is 5.11 Å². The highest BCUT2D eigenvalue weighted by Gasteiger charge is 2.08. The number of imidazole rings is 1. The van der Waals surface area contributed by atoms with Crippen molar-refractivity contribution in [3.05, 3.63) is 66.7 Å². The first-order valence-electron chi connectivity index (χ1n) is 6.45. The molecule has 1 heterocycles. The van der Waals surface area contributed by atoms with Gasteiger partial charge in [-0.25, -0.2) is 4.98 Å². The number of aryl methyl sites for hydroxylation is 1. The molecule has 0 aliphatic rings. The third kappa shape index (κ3) is 3.18. The lowest BCUT2D eigenvalue weighted by atomic mass is 10.0. The number of benzene rings is 2. The third-order valence-electron chi connectivity index (χ3n) is 3.38. The van der Waals surface area contributed by atoms with E-state index in [1.807, 2.05) is 29.0 Å². The van der Waals surface area contributed by atoms with Gasteiger partial charge in [-0.15, -0.1) is 12.4 Å². The number of rotatable bonds is 4. The van der Waals surface area contributed by atoms with Crippen LogP contribution >= 0.6 is 12.4 Å². The van der Waals surface area contributed by atoms with Gasteiger partial charge in [-0.3, -0.25) is 0 Å². The second-order valence-electron chi connectivity index (χ2n) is 4.71. The number of aromatic nitrogens is 2. The molecule has 1 unspecified atom stereocenters. The van der Waals surface area contributed by atoms with Gasteiger partial charge in [0.1, 0.15) is 0 Å². The molecule has 3 rings (SSSR count). The molecule has 1 N–H and O–H groups in total. The van der Waals surface area contributed by atoms with Crippen LogP contribution in [0.3, 0.4) is 0 Å². The molecular formula is C16H17ClN2O. The van der Waals surface area contributed by atoms with E-state index in [-0.39, 0.29) is 12.4 Å². The first kappa shape index (κ1) is 14.6. The van der Waals surface area contributed by atoms with Gasteiger partial charge in [0.2, 0.25) is 0 Å². The smallest absolute Gasteiger partial charge is 0.0945 e. The summed E-state index contributed by atoms with van der Waals surface area (Å²) in [5.74, 6) is 0. The molecular weight excluding hydrogens is 272 g/mol. The largest absolute Gasteiger partial charge is 0.388 e. The summed E-state index contributed by atoms with van der Waals surface area (Å²) >= 11 is 0. The van der Waals surface area contributed by atoms with Crippen LogP contribution in [0.15, 0.2) is 61.2 Å². The lowest BCUT2D eigenvalue weighted by molar-refractivity contribution is 0.161. The van der Waals surface area contributed by atoms with Crippen LogP contribution in [-0.4, -0.2) is 14.7 Å². The van der Waals surface area contributed by atoms with Gasteiger partial charge in [-0.1, -0.05) is 36.4 Å². The Hall–Kier alpha value is -1.84. The second-order valence-corrected chi connectivity index (χ2v) is 4.71. The number of hydrogen-bond acceptors (Lipinski definition) is 2. The normalized spacial score (nSPS) is 12.1. The molecule has 0 spiro atoms. The summed E-state index contributed by atoms with van der Waals surface area (Å²) < 4.78 is 1.98. The maximum atomic E-state index is 10.2. The summed E-state index contributed by atoms with van der Waals surface area (Å²) in [7, 11) is 0. The number of fused-ring (bicyclic) bond motifs is 1. The fraction of sp³-hybridized carbons (Fsp3) is 0.188. The summed E-state index contributed by atoms with van der Waals surface area (Å²) in [6.07, 6.45) is 5.68. The van der Waals surface area contributed by atoms with Crippen LogP contribution < -0.4 is 0 Å². The first-order chi connectivity index (χ1) is 9.33. The van der Waals surface area contributed by atoms with Crippen molar-refractivity contribution in [2.24, 2.45) is 0 Å². The molecule has 4 heteroatoms. The minimum Gasteiger partial charge on any atom is -0.388 e. The van der Waals surface area contributed by atoms with Gasteiger partial charge in [0.25, 0.3) is 0 Å². The number of halogens is 1. The summed E-state index contributed by atoms with van der Waals surface area (Å²) in [5, 5.41) is 12.6. The standard InChI is InChI=1S/C16H16N2O.ClH/c19-16(7-9-18-10-8-17-12-18)15-6-5-13-3-1-2-4-14(13)11-15;/h1-6,8,10-12,16,19H,7,9H2;1H. The number of nitrogens with zero attached hydrogens (tertiary/aromatic N) is 2. The topological polar surface area (TPSA) is 38.0 Å². The van der Waals surface area contributed by atoms with Crippen molar-refractivity contribution in [1.82, 2.24) is 9.55 Å². The van der Waals surface area contributed by atoms with Gasteiger partial charge in [0.15, 0.2) is 0 Å². The van der Waals surface area contributed by atoms with Gasteiger partial charge < -0.3 is 9.67 Å². The van der Waals surface area contributed by atoms with Crippen molar-refractivity contribution in [2.75, 3.05) is 0 Å². The summed E-state index contributed by atoms with van der Waals surface area (Å²) in [6.45, 7) is 0.772. The Labute approximate surface area is 124 Å². The van der Waals surface area contributed by atoms with Crippen LogP contribution in [0.25, 0.3) is 10.8 Å². The lowest BCUT2D eigenvalue weighted by Crippen LogP contribution is -2.03. The zero-order valence-corrected chi connectivity index (χ0v) is 11.8. The van der Waals surface area contributed by atoms with Crippen molar-refractivity contribution in [3.63, 3.8) is 0 Å². The number of aliphatic hydroxyl groups is 1. The Morgan fingerprint density at radius 3 is 2.65 bits per heavy atom. The minimum atomic E-state index is -0.438. The van der Waals surface area contributed by atoms with Crippen LogP contribution in [-0.2, 0) is 6.54 Å². The van der Waals surface area contributed by atoms with Crippen molar-refractivity contribution in [2.45, 2.75) is 19.1 Å². The zero-order valence-electron chi connectivity index (χ0n) is 11.0. The highest BCUT2D eigenvalue weighted by Crippen LogP contribution is 2.22. The van der Waals surface area contributed by atoms with E-state index in [9.17, 15) is 5.11 Å². The van der Waals surface area contributed by atoms with Crippen LogP contribution in [0.4, 0.5) is 0 Å². The molecule has 1 aromatic heterocycles. The van der Waals surface area contributed by atoms with E-state index in [4.69, 9.17) is 0 Å². The van der Waals surface area contributed by atoms with Crippen molar-refractivity contribution in [3.8, 4) is 0 Å². The molecule has 0 aliphatic heterocycles. The van der Waals surface area contributed by atoms with Crippen LogP contribution in [0, 0.1) is 0 Å². The van der Waals surface area contributed by atoms with Crippen molar-refractivity contribution >= 4 is 23.2 Å². The first-order valence-corrected chi connectivity index (χ1v) is 6.45. The molecule has 0 aliphatic carbocycles. The summed E-state index contributed by atoms with van der Waals surface area (Å²) in [5.41, 5.74) is 0.971. The molecule has 3 aromatic rings. The SMILES string of the molecule is Cl.OC(CCn1ccnc1)c1ccc2ccccc2c1. The van der Waals surface area contributed by atoms with E-state index >= 15 is 0 Å². The van der Waals surface area contributed by atoms with Gasteiger partial charge in [0.05, 0.1) is 12.4 Å². The molecule has 104 valence electrons. The molecule has 3 nitrogen and oxygen atoms in total. The zero-order chi connectivity index (χ0) is 13.1. The van der Waals surface area contributed by atoms with Gasteiger partial charge in [-0.2, -0.15) is 0 Å². The molecule has 20 heavy (non-hydrogen) atoms. The molecule has 0 saturated carbocycles. The lowest BCUT2D eigenvalue weighted by Gasteiger charge is -2.12. The quantitative estimate of drug-likeness (QED) is 0.797. The highest BCUT2D eigenvalue weighted by molar-refractivity contribution is 5.85. The van der Waals surface area contributed by atoms with E-state index in [1.54, 1.807) is 12.5 Å². The highest BCUT2D eigenvalue weighted by atomic mass is 35.5. The van der Waals surface area contributed by atoms with Gasteiger partial charge in [0, 0.05) is 18.9 Å². The predicted octanol–water partition coefficient (Wildman–Crippen LogP) is 3.58. The minimum absolute atomic E-state index is 0. The van der Waals surface area contributed by atoms with E-state index in [0.717, 1.165) is 12.1 Å². The Morgan fingerprint density at radius 2 is 1.90 bits per heavy atom. The average Bonchev–Trinajstić information content (AvgIpc) is 2.97. The Kier molecular flexibility index (Phi) is 4.77. The molecule has 0 fully saturated rings. The van der Waals surface area contributed by atoms with E-state index < -0.39 is 6.10 Å². The third-order valence-corrected chi connectivity index (χ3v) is 3.38. The monoisotopic (exact) mass is 288 g/mol. The van der Waals surface area contributed by atoms with Crippen LogP contribution in [0.2, 0.25) is 0 Å². The van der Waals surface area contributed by atoms with E-state index in [1.165, 1.54) is 10.8 Å².